The Bertz CT molecular complexity index is 568. The number of halogens is 1. The number of ether oxygens (including phenoxy) is 1. The van der Waals surface area contributed by atoms with Crippen LogP contribution in [0.2, 0.25) is 5.02 Å². The van der Waals surface area contributed by atoms with Crippen molar-refractivity contribution in [1.82, 2.24) is 5.32 Å². The fourth-order valence-electron chi connectivity index (χ4n) is 1.83. The van der Waals surface area contributed by atoms with Gasteiger partial charge in [-0.3, -0.25) is 0 Å². The van der Waals surface area contributed by atoms with Crippen molar-refractivity contribution in [3.63, 3.8) is 0 Å². The molecule has 1 unspecified atom stereocenters. The standard InChI is InChI=1S/C16H18ClNO/c1-11-6-4-5-7-15(11)19-16-9-8-13(10-14(16)17)12(2)18-3/h4-10,12,18H,1-3H3. The van der Waals surface area contributed by atoms with Crippen molar-refractivity contribution in [2.24, 2.45) is 0 Å². The van der Waals surface area contributed by atoms with E-state index in [2.05, 4.69) is 12.2 Å². The van der Waals surface area contributed by atoms with Gasteiger partial charge in [-0.1, -0.05) is 35.9 Å². The zero-order valence-corrected chi connectivity index (χ0v) is 12.2. The molecule has 0 heterocycles. The molecule has 2 aromatic rings. The monoisotopic (exact) mass is 275 g/mol. The molecule has 0 spiro atoms. The zero-order chi connectivity index (χ0) is 13.8. The Morgan fingerprint density at radius 2 is 1.84 bits per heavy atom. The SMILES string of the molecule is CNC(C)c1ccc(Oc2ccccc2C)c(Cl)c1. The molecule has 2 aromatic carbocycles. The Balaban J connectivity index is 2.25. The van der Waals surface area contributed by atoms with E-state index in [1.54, 1.807) is 0 Å². The number of hydrogen-bond donors (Lipinski definition) is 1. The Hall–Kier alpha value is -1.51. The van der Waals surface area contributed by atoms with Gasteiger partial charge in [-0.25, -0.2) is 0 Å². The first kappa shape index (κ1) is 13.9. The van der Waals surface area contributed by atoms with Crippen molar-refractivity contribution in [2.45, 2.75) is 19.9 Å². The molecule has 2 rings (SSSR count). The Morgan fingerprint density at radius 3 is 2.47 bits per heavy atom. The predicted octanol–water partition coefficient (Wildman–Crippen LogP) is 4.72. The minimum absolute atomic E-state index is 0.269. The third-order valence-electron chi connectivity index (χ3n) is 3.20. The highest BCUT2D eigenvalue weighted by Gasteiger charge is 2.09. The van der Waals surface area contributed by atoms with Crippen LogP contribution in [0.15, 0.2) is 42.5 Å². The number of benzene rings is 2. The molecule has 0 amide bonds. The third-order valence-corrected chi connectivity index (χ3v) is 3.50. The predicted molar refractivity (Wildman–Crippen MR) is 80.2 cm³/mol. The van der Waals surface area contributed by atoms with Gasteiger partial charge >= 0.3 is 0 Å². The quantitative estimate of drug-likeness (QED) is 0.872. The second-order valence-electron chi connectivity index (χ2n) is 4.57. The van der Waals surface area contributed by atoms with Gasteiger partial charge in [0.25, 0.3) is 0 Å². The molecule has 0 aliphatic carbocycles. The van der Waals surface area contributed by atoms with Crippen LogP contribution in [-0.4, -0.2) is 7.05 Å². The lowest BCUT2D eigenvalue weighted by Gasteiger charge is -2.14. The molecule has 1 atom stereocenters. The van der Waals surface area contributed by atoms with Crippen LogP contribution in [0, 0.1) is 6.92 Å². The largest absolute Gasteiger partial charge is 0.456 e. The maximum atomic E-state index is 6.28. The highest BCUT2D eigenvalue weighted by Crippen LogP contribution is 2.32. The lowest BCUT2D eigenvalue weighted by atomic mass is 10.1. The van der Waals surface area contributed by atoms with Crippen LogP contribution in [0.25, 0.3) is 0 Å². The maximum Gasteiger partial charge on any atom is 0.146 e. The van der Waals surface area contributed by atoms with E-state index in [1.807, 2.05) is 56.4 Å². The molecule has 3 heteroatoms. The fraction of sp³-hybridized carbons (Fsp3) is 0.250. The molecule has 0 saturated carbocycles. The van der Waals surface area contributed by atoms with Crippen LogP contribution in [0.4, 0.5) is 0 Å². The second kappa shape index (κ2) is 6.09. The Kier molecular flexibility index (Phi) is 4.46. The Morgan fingerprint density at radius 1 is 1.11 bits per heavy atom. The first-order chi connectivity index (χ1) is 9.11. The van der Waals surface area contributed by atoms with Crippen LogP contribution in [0.5, 0.6) is 11.5 Å². The van der Waals surface area contributed by atoms with Crippen LogP contribution in [0.3, 0.4) is 0 Å². The third kappa shape index (κ3) is 3.28. The highest BCUT2D eigenvalue weighted by atomic mass is 35.5. The van der Waals surface area contributed by atoms with Crippen molar-refractivity contribution in [3.8, 4) is 11.5 Å². The van der Waals surface area contributed by atoms with Gasteiger partial charge in [0, 0.05) is 6.04 Å². The second-order valence-corrected chi connectivity index (χ2v) is 4.97. The van der Waals surface area contributed by atoms with E-state index in [0.717, 1.165) is 16.9 Å². The summed E-state index contributed by atoms with van der Waals surface area (Å²) in [4.78, 5) is 0. The number of nitrogens with one attached hydrogen (secondary N) is 1. The van der Waals surface area contributed by atoms with Gasteiger partial charge in [0.05, 0.1) is 5.02 Å². The van der Waals surface area contributed by atoms with Gasteiger partial charge in [-0.05, 0) is 50.2 Å². The van der Waals surface area contributed by atoms with Crippen LogP contribution < -0.4 is 10.1 Å². The van der Waals surface area contributed by atoms with Crippen LogP contribution >= 0.6 is 11.6 Å². The smallest absolute Gasteiger partial charge is 0.146 e. The van der Waals surface area contributed by atoms with E-state index in [-0.39, 0.29) is 6.04 Å². The summed E-state index contributed by atoms with van der Waals surface area (Å²) in [5, 5.41) is 3.81. The lowest BCUT2D eigenvalue weighted by Crippen LogP contribution is -2.12. The molecule has 0 saturated heterocycles. The molecule has 0 aromatic heterocycles. The average Bonchev–Trinajstić information content (AvgIpc) is 2.42. The minimum atomic E-state index is 0.269. The molecule has 2 nitrogen and oxygen atoms in total. The maximum absolute atomic E-state index is 6.28. The molecule has 100 valence electrons. The summed E-state index contributed by atoms with van der Waals surface area (Å²) in [6, 6.07) is 14.0. The highest BCUT2D eigenvalue weighted by molar-refractivity contribution is 6.32. The van der Waals surface area contributed by atoms with E-state index < -0.39 is 0 Å². The van der Waals surface area contributed by atoms with E-state index in [1.165, 1.54) is 0 Å². The zero-order valence-electron chi connectivity index (χ0n) is 11.4. The van der Waals surface area contributed by atoms with E-state index in [4.69, 9.17) is 16.3 Å². The van der Waals surface area contributed by atoms with Gasteiger partial charge in [0.1, 0.15) is 11.5 Å². The molecule has 1 N–H and O–H groups in total. The topological polar surface area (TPSA) is 21.3 Å². The van der Waals surface area contributed by atoms with Gasteiger partial charge in [-0.15, -0.1) is 0 Å². The normalized spacial score (nSPS) is 12.2. The average molecular weight is 276 g/mol. The summed E-state index contributed by atoms with van der Waals surface area (Å²) < 4.78 is 5.86. The van der Waals surface area contributed by atoms with Crippen LogP contribution in [0.1, 0.15) is 24.1 Å². The fourth-order valence-corrected chi connectivity index (χ4v) is 2.05. The number of para-hydroxylation sites is 1. The summed E-state index contributed by atoms with van der Waals surface area (Å²) >= 11 is 6.28. The Labute approximate surface area is 119 Å². The molecule has 0 bridgehead atoms. The molecular formula is C16H18ClNO. The molecule has 19 heavy (non-hydrogen) atoms. The first-order valence-corrected chi connectivity index (χ1v) is 6.70. The first-order valence-electron chi connectivity index (χ1n) is 6.32. The molecule has 0 aliphatic heterocycles. The molecule has 0 aliphatic rings. The summed E-state index contributed by atoms with van der Waals surface area (Å²) in [7, 11) is 1.93. The summed E-state index contributed by atoms with van der Waals surface area (Å²) in [6.45, 7) is 4.11. The van der Waals surface area contributed by atoms with Gasteiger partial charge < -0.3 is 10.1 Å². The number of hydrogen-bond acceptors (Lipinski definition) is 2. The lowest BCUT2D eigenvalue weighted by molar-refractivity contribution is 0.478. The minimum Gasteiger partial charge on any atom is -0.456 e. The van der Waals surface area contributed by atoms with Crippen molar-refractivity contribution >= 4 is 11.6 Å². The van der Waals surface area contributed by atoms with E-state index >= 15 is 0 Å². The summed E-state index contributed by atoms with van der Waals surface area (Å²) in [5.74, 6) is 1.52. The van der Waals surface area contributed by atoms with Crippen molar-refractivity contribution in [3.05, 3.63) is 58.6 Å². The summed E-state index contributed by atoms with van der Waals surface area (Å²) in [6.07, 6.45) is 0. The van der Waals surface area contributed by atoms with Crippen LogP contribution in [-0.2, 0) is 0 Å². The summed E-state index contributed by atoms with van der Waals surface area (Å²) in [5.41, 5.74) is 2.23. The van der Waals surface area contributed by atoms with E-state index in [0.29, 0.717) is 10.8 Å². The number of aryl methyl sites for hydroxylation is 1. The molecule has 0 radical (unpaired) electrons. The van der Waals surface area contributed by atoms with Gasteiger partial charge in [0.2, 0.25) is 0 Å². The van der Waals surface area contributed by atoms with E-state index in [9.17, 15) is 0 Å². The van der Waals surface area contributed by atoms with Gasteiger partial charge in [-0.2, -0.15) is 0 Å². The number of rotatable bonds is 4. The van der Waals surface area contributed by atoms with Crippen molar-refractivity contribution < 1.29 is 4.74 Å². The van der Waals surface area contributed by atoms with Crippen molar-refractivity contribution in [1.29, 1.82) is 0 Å². The molecular weight excluding hydrogens is 258 g/mol. The molecule has 0 fully saturated rings. The van der Waals surface area contributed by atoms with Gasteiger partial charge in [0.15, 0.2) is 0 Å². The van der Waals surface area contributed by atoms with Crippen molar-refractivity contribution in [2.75, 3.05) is 7.05 Å².